The Labute approximate surface area is 166 Å². The number of nitrogens with one attached hydrogen (secondary N) is 2. The van der Waals surface area contributed by atoms with Crippen molar-refractivity contribution in [2.75, 3.05) is 39.9 Å². The SMILES string of the molecule is CN=C(NCc1ccc([N+](=O)[O-])cc1)NCC1(N2CCOCC2)CCCCC1. The monoisotopic (exact) mass is 389 g/mol. The third kappa shape index (κ3) is 5.20. The normalized spacial score (nSPS) is 20.5. The Bertz CT molecular complexity index is 665. The molecule has 0 atom stereocenters. The number of non-ortho nitro benzene ring substituents is 1. The summed E-state index contributed by atoms with van der Waals surface area (Å²) in [6.45, 7) is 5.06. The maximum Gasteiger partial charge on any atom is 0.269 e. The van der Waals surface area contributed by atoms with Crippen LogP contribution in [0.3, 0.4) is 0 Å². The molecule has 1 saturated carbocycles. The first-order chi connectivity index (χ1) is 13.6. The number of nitrogens with zero attached hydrogens (tertiary/aromatic N) is 3. The van der Waals surface area contributed by atoms with Crippen molar-refractivity contribution in [3.63, 3.8) is 0 Å². The summed E-state index contributed by atoms with van der Waals surface area (Å²) < 4.78 is 5.55. The van der Waals surface area contributed by atoms with E-state index in [1.165, 1.54) is 44.2 Å². The van der Waals surface area contributed by atoms with Gasteiger partial charge in [0.25, 0.3) is 5.69 Å². The molecule has 28 heavy (non-hydrogen) atoms. The molecule has 2 aliphatic rings. The maximum atomic E-state index is 10.8. The molecule has 0 amide bonds. The van der Waals surface area contributed by atoms with E-state index in [1.54, 1.807) is 19.2 Å². The van der Waals surface area contributed by atoms with E-state index in [0.717, 1.165) is 44.4 Å². The van der Waals surface area contributed by atoms with Crippen LogP contribution >= 0.6 is 0 Å². The molecule has 2 fully saturated rings. The van der Waals surface area contributed by atoms with Crippen LogP contribution in [0.15, 0.2) is 29.3 Å². The summed E-state index contributed by atoms with van der Waals surface area (Å²) in [4.78, 5) is 17.3. The highest BCUT2D eigenvalue weighted by atomic mass is 16.6. The minimum atomic E-state index is -0.382. The molecule has 8 heteroatoms. The van der Waals surface area contributed by atoms with Gasteiger partial charge in [-0.15, -0.1) is 0 Å². The lowest BCUT2D eigenvalue weighted by Gasteiger charge is -2.48. The van der Waals surface area contributed by atoms with Crippen molar-refractivity contribution in [3.8, 4) is 0 Å². The summed E-state index contributed by atoms with van der Waals surface area (Å²) in [6.07, 6.45) is 6.28. The minimum absolute atomic E-state index is 0.107. The van der Waals surface area contributed by atoms with E-state index in [1.807, 2.05) is 0 Å². The number of hydrogen-bond donors (Lipinski definition) is 2. The minimum Gasteiger partial charge on any atom is -0.379 e. The average Bonchev–Trinajstić information content (AvgIpc) is 2.75. The third-order valence-electron chi connectivity index (χ3n) is 5.88. The molecule has 0 unspecified atom stereocenters. The van der Waals surface area contributed by atoms with Gasteiger partial charge in [0.15, 0.2) is 5.96 Å². The van der Waals surface area contributed by atoms with E-state index < -0.39 is 0 Å². The van der Waals surface area contributed by atoms with Crippen LogP contribution in [-0.2, 0) is 11.3 Å². The average molecular weight is 390 g/mol. The lowest BCUT2D eigenvalue weighted by atomic mass is 9.80. The maximum absolute atomic E-state index is 10.8. The fraction of sp³-hybridized carbons (Fsp3) is 0.650. The van der Waals surface area contributed by atoms with Crippen molar-refractivity contribution in [1.82, 2.24) is 15.5 Å². The van der Waals surface area contributed by atoms with E-state index in [-0.39, 0.29) is 16.1 Å². The van der Waals surface area contributed by atoms with E-state index in [4.69, 9.17) is 4.74 Å². The van der Waals surface area contributed by atoms with Gasteiger partial charge in [0.2, 0.25) is 0 Å². The van der Waals surface area contributed by atoms with Gasteiger partial charge < -0.3 is 15.4 Å². The lowest BCUT2D eigenvalue weighted by Crippen LogP contribution is -2.60. The summed E-state index contributed by atoms with van der Waals surface area (Å²) in [7, 11) is 1.77. The summed E-state index contributed by atoms with van der Waals surface area (Å²) in [6, 6.07) is 6.61. The molecule has 154 valence electrons. The summed E-state index contributed by atoms with van der Waals surface area (Å²) in [5, 5.41) is 17.6. The number of nitro groups is 1. The van der Waals surface area contributed by atoms with Gasteiger partial charge in [-0.25, -0.2) is 0 Å². The van der Waals surface area contributed by atoms with Crippen LogP contribution in [-0.4, -0.2) is 61.2 Å². The van der Waals surface area contributed by atoms with Gasteiger partial charge in [0.05, 0.1) is 18.1 Å². The lowest BCUT2D eigenvalue weighted by molar-refractivity contribution is -0.384. The van der Waals surface area contributed by atoms with Gasteiger partial charge in [-0.3, -0.25) is 20.0 Å². The molecular formula is C20H31N5O3. The van der Waals surface area contributed by atoms with Gasteiger partial charge in [-0.05, 0) is 18.4 Å². The highest BCUT2D eigenvalue weighted by molar-refractivity contribution is 5.79. The topological polar surface area (TPSA) is 92.0 Å². The number of aliphatic imine (C=N–C) groups is 1. The molecule has 1 aliphatic heterocycles. The van der Waals surface area contributed by atoms with Gasteiger partial charge in [-0.2, -0.15) is 0 Å². The first kappa shape index (κ1) is 20.5. The quantitative estimate of drug-likeness (QED) is 0.336. The molecule has 3 rings (SSSR count). The second-order valence-corrected chi connectivity index (χ2v) is 7.59. The molecule has 0 bridgehead atoms. The zero-order chi connectivity index (χ0) is 19.8. The van der Waals surface area contributed by atoms with Crippen molar-refractivity contribution in [3.05, 3.63) is 39.9 Å². The van der Waals surface area contributed by atoms with Crippen molar-refractivity contribution in [2.24, 2.45) is 4.99 Å². The Morgan fingerprint density at radius 1 is 1.18 bits per heavy atom. The Morgan fingerprint density at radius 2 is 1.86 bits per heavy atom. The van der Waals surface area contributed by atoms with Crippen molar-refractivity contribution in [2.45, 2.75) is 44.2 Å². The number of guanidine groups is 1. The second-order valence-electron chi connectivity index (χ2n) is 7.59. The predicted molar refractivity (Wildman–Crippen MR) is 110 cm³/mol. The first-order valence-electron chi connectivity index (χ1n) is 10.1. The molecule has 1 aliphatic carbocycles. The molecule has 0 radical (unpaired) electrons. The van der Waals surface area contributed by atoms with Crippen LogP contribution in [0.2, 0.25) is 0 Å². The Balaban J connectivity index is 1.56. The molecule has 1 heterocycles. The van der Waals surface area contributed by atoms with Crippen LogP contribution in [0.1, 0.15) is 37.7 Å². The molecule has 1 aromatic rings. The molecule has 1 aromatic carbocycles. The highest BCUT2D eigenvalue weighted by Gasteiger charge is 2.38. The second kappa shape index (κ2) is 9.84. The fourth-order valence-electron chi connectivity index (χ4n) is 4.24. The van der Waals surface area contributed by atoms with E-state index in [9.17, 15) is 10.1 Å². The van der Waals surface area contributed by atoms with Crippen LogP contribution < -0.4 is 10.6 Å². The Morgan fingerprint density at radius 3 is 2.46 bits per heavy atom. The summed E-state index contributed by atoms with van der Waals surface area (Å²) in [5.74, 6) is 0.761. The number of benzene rings is 1. The fourth-order valence-corrected chi connectivity index (χ4v) is 4.24. The predicted octanol–water partition coefficient (Wildman–Crippen LogP) is 2.29. The van der Waals surface area contributed by atoms with Crippen LogP contribution in [0.5, 0.6) is 0 Å². The largest absolute Gasteiger partial charge is 0.379 e. The van der Waals surface area contributed by atoms with Gasteiger partial charge in [-0.1, -0.05) is 31.4 Å². The van der Waals surface area contributed by atoms with Crippen molar-refractivity contribution in [1.29, 1.82) is 0 Å². The number of hydrogen-bond acceptors (Lipinski definition) is 5. The molecule has 1 saturated heterocycles. The number of rotatable bonds is 6. The molecule has 2 N–H and O–H groups in total. The standard InChI is InChI=1S/C20H31N5O3/c1-21-19(22-15-17-5-7-18(8-6-17)25(26)27)23-16-20(9-3-2-4-10-20)24-11-13-28-14-12-24/h5-8H,2-4,9-16H2,1H3,(H2,21,22,23). The molecule has 0 aromatic heterocycles. The van der Waals surface area contributed by atoms with Crippen LogP contribution in [0.25, 0.3) is 0 Å². The number of morpholine rings is 1. The summed E-state index contributed by atoms with van der Waals surface area (Å²) in [5.41, 5.74) is 1.26. The molecule has 0 spiro atoms. The number of nitro benzene ring substituents is 1. The smallest absolute Gasteiger partial charge is 0.269 e. The van der Waals surface area contributed by atoms with E-state index in [0.29, 0.717) is 6.54 Å². The zero-order valence-electron chi connectivity index (χ0n) is 16.7. The first-order valence-corrected chi connectivity index (χ1v) is 10.1. The van der Waals surface area contributed by atoms with Crippen molar-refractivity contribution >= 4 is 11.6 Å². The number of ether oxygens (including phenoxy) is 1. The van der Waals surface area contributed by atoms with Crippen molar-refractivity contribution < 1.29 is 9.66 Å². The molecule has 8 nitrogen and oxygen atoms in total. The van der Waals surface area contributed by atoms with Crippen LogP contribution in [0.4, 0.5) is 5.69 Å². The summed E-state index contributed by atoms with van der Waals surface area (Å²) >= 11 is 0. The third-order valence-corrected chi connectivity index (χ3v) is 5.88. The van der Waals surface area contributed by atoms with Gasteiger partial charge in [0.1, 0.15) is 0 Å². The van der Waals surface area contributed by atoms with Crippen LogP contribution in [0, 0.1) is 10.1 Å². The van der Waals surface area contributed by atoms with Gasteiger partial charge >= 0.3 is 0 Å². The Hall–Kier alpha value is -2.19. The molecular weight excluding hydrogens is 358 g/mol. The van der Waals surface area contributed by atoms with Gasteiger partial charge in [0, 0.05) is 50.9 Å². The zero-order valence-corrected chi connectivity index (χ0v) is 16.7. The van der Waals surface area contributed by atoms with E-state index >= 15 is 0 Å². The van der Waals surface area contributed by atoms with E-state index in [2.05, 4.69) is 20.5 Å². The Kier molecular flexibility index (Phi) is 7.22. The highest BCUT2D eigenvalue weighted by Crippen LogP contribution is 2.33.